The quantitative estimate of drug-likeness (QED) is 0.942. The Morgan fingerprint density at radius 1 is 1.27 bits per heavy atom. The molecule has 1 aliphatic rings. The van der Waals surface area contributed by atoms with E-state index in [2.05, 4.69) is 5.32 Å². The van der Waals surface area contributed by atoms with Crippen LogP contribution in [0.3, 0.4) is 0 Å². The summed E-state index contributed by atoms with van der Waals surface area (Å²) in [6, 6.07) is 12.7. The van der Waals surface area contributed by atoms with Gasteiger partial charge in [0.25, 0.3) is 0 Å². The predicted octanol–water partition coefficient (Wildman–Crippen LogP) is 3.54. The van der Waals surface area contributed by atoms with Crippen LogP contribution in [0.2, 0.25) is 5.02 Å². The van der Waals surface area contributed by atoms with Crippen LogP contribution in [0.4, 0.5) is 5.69 Å². The van der Waals surface area contributed by atoms with Crippen LogP contribution in [0.25, 0.3) is 0 Å². The standard InChI is InChI=1S/C17H16ClNO3/c1-21-15-6-7-16-11(9-15)8-12(10-22-16)17(20)19-14-4-2-13(18)3-5-14/h2-7,9,12H,8,10H2,1H3,(H,19,20)/t12-/m1/s1. The van der Waals surface area contributed by atoms with E-state index >= 15 is 0 Å². The Labute approximate surface area is 134 Å². The fraction of sp³-hybridized carbons (Fsp3) is 0.235. The minimum atomic E-state index is -0.227. The monoisotopic (exact) mass is 317 g/mol. The molecule has 1 atom stereocenters. The fourth-order valence-electron chi connectivity index (χ4n) is 2.44. The van der Waals surface area contributed by atoms with Crippen molar-refractivity contribution in [2.45, 2.75) is 6.42 Å². The molecule has 0 aliphatic carbocycles. The summed E-state index contributed by atoms with van der Waals surface area (Å²) in [7, 11) is 1.62. The van der Waals surface area contributed by atoms with Crippen LogP contribution in [0.15, 0.2) is 42.5 Å². The number of hydrogen-bond acceptors (Lipinski definition) is 3. The lowest BCUT2D eigenvalue weighted by Crippen LogP contribution is -2.32. The molecule has 2 aromatic rings. The van der Waals surface area contributed by atoms with Gasteiger partial charge < -0.3 is 14.8 Å². The van der Waals surface area contributed by atoms with E-state index in [0.717, 1.165) is 22.7 Å². The van der Waals surface area contributed by atoms with Gasteiger partial charge in [-0.1, -0.05) is 11.6 Å². The molecule has 0 bridgehead atoms. The zero-order valence-electron chi connectivity index (χ0n) is 12.1. The van der Waals surface area contributed by atoms with Gasteiger partial charge in [0.15, 0.2) is 0 Å². The number of rotatable bonds is 3. The maximum Gasteiger partial charge on any atom is 0.231 e. The topological polar surface area (TPSA) is 47.6 Å². The van der Waals surface area contributed by atoms with Gasteiger partial charge in [0.2, 0.25) is 5.91 Å². The van der Waals surface area contributed by atoms with Gasteiger partial charge in [0.05, 0.1) is 13.0 Å². The lowest BCUT2D eigenvalue weighted by molar-refractivity contribution is -0.121. The van der Waals surface area contributed by atoms with Crippen LogP contribution in [0, 0.1) is 5.92 Å². The maximum absolute atomic E-state index is 12.4. The van der Waals surface area contributed by atoms with Crippen molar-refractivity contribution in [3.63, 3.8) is 0 Å². The van der Waals surface area contributed by atoms with Gasteiger partial charge in [0, 0.05) is 10.7 Å². The number of nitrogens with one attached hydrogen (secondary N) is 1. The van der Waals surface area contributed by atoms with E-state index in [1.165, 1.54) is 0 Å². The number of amides is 1. The molecular weight excluding hydrogens is 302 g/mol. The van der Waals surface area contributed by atoms with Gasteiger partial charge in [-0.15, -0.1) is 0 Å². The molecule has 0 aromatic heterocycles. The average Bonchev–Trinajstić information content (AvgIpc) is 2.55. The van der Waals surface area contributed by atoms with E-state index < -0.39 is 0 Å². The fourth-order valence-corrected chi connectivity index (χ4v) is 2.57. The van der Waals surface area contributed by atoms with Gasteiger partial charge >= 0.3 is 0 Å². The molecule has 1 N–H and O–H groups in total. The minimum Gasteiger partial charge on any atom is -0.497 e. The molecule has 3 rings (SSSR count). The molecule has 0 saturated carbocycles. The number of fused-ring (bicyclic) bond motifs is 1. The van der Waals surface area contributed by atoms with Gasteiger partial charge in [-0.25, -0.2) is 0 Å². The Morgan fingerprint density at radius 2 is 2.05 bits per heavy atom. The molecule has 5 heteroatoms. The highest BCUT2D eigenvalue weighted by Crippen LogP contribution is 2.31. The van der Waals surface area contributed by atoms with Crippen molar-refractivity contribution in [3.05, 3.63) is 53.1 Å². The van der Waals surface area contributed by atoms with E-state index in [1.54, 1.807) is 31.4 Å². The van der Waals surface area contributed by atoms with E-state index in [4.69, 9.17) is 21.1 Å². The first kappa shape index (κ1) is 14.7. The van der Waals surface area contributed by atoms with Crippen LogP contribution < -0.4 is 14.8 Å². The SMILES string of the molecule is COc1ccc2c(c1)C[C@@H](C(=O)Nc1ccc(Cl)cc1)CO2. The smallest absolute Gasteiger partial charge is 0.231 e. The minimum absolute atomic E-state index is 0.0595. The third-order valence-electron chi connectivity index (χ3n) is 3.66. The molecule has 1 heterocycles. The van der Waals surface area contributed by atoms with Crippen LogP contribution in [0.5, 0.6) is 11.5 Å². The zero-order valence-corrected chi connectivity index (χ0v) is 12.9. The molecular formula is C17H16ClNO3. The van der Waals surface area contributed by atoms with Crippen LogP contribution in [-0.4, -0.2) is 19.6 Å². The Bertz CT molecular complexity index is 685. The Balaban J connectivity index is 1.70. The molecule has 0 fully saturated rings. The van der Waals surface area contributed by atoms with Crippen molar-refractivity contribution in [2.24, 2.45) is 5.92 Å². The van der Waals surface area contributed by atoms with Crippen molar-refractivity contribution in [2.75, 3.05) is 19.0 Å². The summed E-state index contributed by atoms with van der Waals surface area (Å²) in [5.41, 5.74) is 1.72. The maximum atomic E-state index is 12.4. The Morgan fingerprint density at radius 3 is 2.77 bits per heavy atom. The van der Waals surface area contributed by atoms with Crippen molar-refractivity contribution in [1.29, 1.82) is 0 Å². The number of hydrogen-bond donors (Lipinski definition) is 1. The Hall–Kier alpha value is -2.20. The lowest BCUT2D eigenvalue weighted by Gasteiger charge is -2.25. The van der Waals surface area contributed by atoms with Gasteiger partial charge in [-0.3, -0.25) is 4.79 Å². The molecule has 22 heavy (non-hydrogen) atoms. The summed E-state index contributed by atoms with van der Waals surface area (Å²) in [5.74, 6) is 1.29. The molecule has 0 radical (unpaired) electrons. The number of carbonyl (C=O) groups excluding carboxylic acids is 1. The van der Waals surface area contributed by atoms with E-state index in [1.807, 2.05) is 18.2 Å². The van der Waals surface area contributed by atoms with Gasteiger partial charge in [0.1, 0.15) is 18.1 Å². The van der Waals surface area contributed by atoms with Crippen LogP contribution >= 0.6 is 11.6 Å². The second kappa shape index (κ2) is 6.28. The summed E-state index contributed by atoms with van der Waals surface area (Å²) < 4.78 is 10.9. The van der Waals surface area contributed by atoms with Crippen molar-refractivity contribution >= 4 is 23.2 Å². The number of methoxy groups -OCH3 is 1. The number of benzene rings is 2. The first-order valence-corrected chi connectivity index (χ1v) is 7.39. The molecule has 1 aliphatic heterocycles. The van der Waals surface area contributed by atoms with Gasteiger partial charge in [-0.2, -0.15) is 0 Å². The Kier molecular flexibility index (Phi) is 4.20. The second-order valence-electron chi connectivity index (χ2n) is 5.18. The first-order chi connectivity index (χ1) is 10.7. The molecule has 4 nitrogen and oxygen atoms in total. The van der Waals surface area contributed by atoms with Crippen molar-refractivity contribution < 1.29 is 14.3 Å². The highest BCUT2D eigenvalue weighted by atomic mass is 35.5. The van der Waals surface area contributed by atoms with Crippen molar-refractivity contribution in [1.82, 2.24) is 0 Å². The number of ether oxygens (including phenoxy) is 2. The summed E-state index contributed by atoms with van der Waals surface area (Å²) in [6.45, 7) is 0.374. The summed E-state index contributed by atoms with van der Waals surface area (Å²) in [4.78, 5) is 12.4. The highest BCUT2D eigenvalue weighted by molar-refractivity contribution is 6.30. The molecule has 2 aromatic carbocycles. The molecule has 0 unspecified atom stereocenters. The van der Waals surface area contributed by atoms with Crippen molar-refractivity contribution in [3.8, 4) is 11.5 Å². The summed E-state index contributed by atoms with van der Waals surface area (Å²) in [5, 5.41) is 3.53. The molecule has 0 spiro atoms. The second-order valence-corrected chi connectivity index (χ2v) is 5.62. The molecule has 114 valence electrons. The zero-order chi connectivity index (χ0) is 15.5. The average molecular weight is 318 g/mol. The molecule has 1 amide bonds. The number of carbonyl (C=O) groups is 1. The van der Waals surface area contributed by atoms with Crippen LogP contribution in [-0.2, 0) is 11.2 Å². The molecule has 0 saturated heterocycles. The van der Waals surface area contributed by atoms with Gasteiger partial charge in [-0.05, 0) is 54.4 Å². The third kappa shape index (κ3) is 3.17. The third-order valence-corrected chi connectivity index (χ3v) is 3.91. The summed E-state index contributed by atoms with van der Waals surface area (Å²) >= 11 is 5.84. The largest absolute Gasteiger partial charge is 0.497 e. The van der Waals surface area contributed by atoms with Crippen LogP contribution in [0.1, 0.15) is 5.56 Å². The predicted molar refractivity (Wildman–Crippen MR) is 85.8 cm³/mol. The first-order valence-electron chi connectivity index (χ1n) is 7.02. The van der Waals surface area contributed by atoms with E-state index in [-0.39, 0.29) is 11.8 Å². The highest BCUT2D eigenvalue weighted by Gasteiger charge is 2.26. The lowest BCUT2D eigenvalue weighted by atomic mass is 9.95. The number of anilines is 1. The van der Waals surface area contributed by atoms with E-state index in [0.29, 0.717) is 18.1 Å². The van der Waals surface area contributed by atoms with E-state index in [9.17, 15) is 4.79 Å². The normalized spacial score (nSPS) is 16.4. The number of halogens is 1. The summed E-state index contributed by atoms with van der Waals surface area (Å²) in [6.07, 6.45) is 0.631.